The fourth-order valence-electron chi connectivity index (χ4n) is 4.16. The molecule has 0 saturated carbocycles. The van der Waals surface area contributed by atoms with Crippen LogP contribution in [0.5, 0.6) is 5.75 Å². The zero-order valence-electron chi connectivity index (χ0n) is 14.0. The zero-order chi connectivity index (χ0) is 17.7. The number of rotatable bonds is 1. The first-order chi connectivity index (χ1) is 12.7. The van der Waals surface area contributed by atoms with Gasteiger partial charge < -0.3 is 19.9 Å². The summed E-state index contributed by atoms with van der Waals surface area (Å²) in [6.45, 7) is 1.56. The molecule has 26 heavy (non-hydrogen) atoms. The molecule has 0 aliphatic carbocycles. The Bertz CT molecular complexity index is 903. The summed E-state index contributed by atoms with van der Waals surface area (Å²) in [4.78, 5) is 8.62. The Morgan fingerprint density at radius 1 is 1.19 bits per heavy atom. The van der Waals surface area contributed by atoms with Gasteiger partial charge in [-0.3, -0.25) is 4.98 Å². The Morgan fingerprint density at radius 3 is 2.92 bits per heavy atom. The average molecular weight is 355 g/mol. The summed E-state index contributed by atoms with van der Waals surface area (Å²) in [5, 5.41) is 0. The van der Waals surface area contributed by atoms with E-state index in [-0.39, 0.29) is 23.9 Å². The molecule has 134 valence electrons. The molecular formula is C19H18FN3O3. The van der Waals surface area contributed by atoms with Gasteiger partial charge >= 0.3 is 0 Å². The van der Waals surface area contributed by atoms with Gasteiger partial charge in [0.05, 0.1) is 25.3 Å². The van der Waals surface area contributed by atoms with Crippen LogP contribution < -0.4 is 10.5 Å². The lowest BCUT2D eigenvalue weighted by Gasteiger charge is -2.45. The highest BCUT2D eigenvalue weighted by molar-refractivity contribution is 5.75. The van der Waals surface area contributed by atoms with Crippen LogP contribution in [-0.2, 0) is 15.0 Å². The number of ether oxygens (including phenoxy) is 3. The molecule has 0 amide bonds. The van der Waals surface area contributed by atoms with Crippen LogP contribution in [0.15, 0.2) is 41.7 Å². The molecule has 4 heterocycles. The van der Waals surface area contributed by atoms with Crippen molar-refractivity contribution in [3.63, 3.8) is 0 Å². The highest BCUT2D eigenvalue weighted by Crippen LogP contribution is 2.50. The molecule has 3 atom stereocenters. The summed E-state index contributed by atoms with van der Waals surface area (Å²) in [6, 6.07) is 7.43. The van der Waals surface area contributed by atoms with E-state index in [1.54, 1.807) is 6.20 Å². The predicted octanol–water partition coefficient (Wildman–Crippen LogP) is 2.23. The second-order valence-corrected chi connectivity index (χ2v) is 6.89. The molecule has 3 aliphatic heterocycles. The number of hydrogen-bond acceptors (Lipinski definition) is 6. The van der Waals surface area contributed by atoms with Gasteiger partial charge in [-0.05, 0) is 23.8 Å². The van der Waals surface area contributed by atoms with Crippen LogP contribution in [0, 0.1) is 11.7 Å². The summed E-state index contributed by atoms with van der Waals surface area (Å²) in [5.74, 6) is 0.410. The van der Waals surface area contributed by atoms with Gasteiger partial charge in [-0.2, -0.15) is 0 Å². The molecule has 1 spiro atoms. The molecule has 6 nitrogen and oxygen atoms in total. The number of fused-ring (bicyclic) bond motifs is 4. The topological polar surface area (TPSA) is 79.0 Å². The number of halogens is 1. The Kier molecular flexibility index (Phi) is 3.40. The summed E-state index contributed by atoms with van der Waals surface area (Å²) in [5.41, 5.74) is 7.67. The van der Waals surface area contributed by atoms with Crippen molar-refractivity contribution in [1.29, 1.82) is 0 Å². The van der Waals surface area contributed by atoms with Crippen molar-refractivity contribution in [2.45, 2.75) is 18.1 Å². The summed E-state index contributed by atoms with van der Waals surface area (Å²) < 4.78 is 31.1. The second kappa shape index (κ2) is 5.67. The Balaban J connectivity index is 1.67. The van der Waals surface area contributed by atoms with E-state index in [1.807, 2.05) is 18.2 Å². The molecule has 3 aliphatic rings. The number of aliphatic imine (C=N–C) groups is 1. The average Bonchev–Trinajstić information content (AvgIpc) is 3.04. The van der Waals surface area contributed by atoms with Crippen molar-refractivity contribution in [2.75, 3.05) is 19.8 Å². The maximum Gasteiger partial charge on any atom is 0.283 e. The number of amidine groups is 1. The van der Waals surface area contributed by atoms with Crippen LogP contribution in [-0.4, -0.2) is 36.9 Å². The molecule has 5 rings (SSSR count). The highest BCUT2D eigenvalue weighted by Gasteiger charge is 2.54. The van der Waals surface area contributed by atoms with Crippen LogP contribution in [0.3, 0.4) is 0 Å². The van der Waals surface area contributed by atoms with Crippen LogP contribution in [0.2, 0.25) is 0 Å². The summed E-state index contributed by atoms with van der Waals surface area (Å²) >= 11 is 0. The minimum atomic E-state index is -0.639. The van der Waals surface area contributed by atoms with Crippen LogP contribution in [0.1, 0.15) is 12.0 Å². The molecule has 1 aromatic heterocycles. The van der Waals surface area contributed by atoms with Crippen molar-refractivity contribution in [1.82, 2.24) is 4.98 Å². The van der Waals surface area contributed by atoms with Crippen LogP contribution >= 0.6 is 0 Å². The molecular weight excluding hydrogens is 337 g/mol. The fraction of sp³-hybridized carbons (Fsp3) is 0.368. The Labute approximate surface area is 149 Å². The van der Waals surface area contributed by atoms with Gasteiger partial charge in [0.2, 0.25) is 0 Å². The van der Waals surface area contributed by atoms with E-state index in [4.69, 9.17) is 19.9 Å². The smallest absolute Gasteiger partial charge is 0.283 e. The molecule has 1 fully saturated rings. The van der Waals surface area contributed by atoms with Crippen LogP contribution in [0.4, 0.5) is 4.39 Å². The van der Waals surface area contributed by atoms with Crippen molar-refractivity contribution in [2.24, 2.45) is 16.6 Å². The molecule has 1 aromatic carbocycles. The quantitative estimate of drug-likeness (QED) is 0.849. The lowest BCUT2D eigenvalue weighted by atomic mass is 9.72. The van der Waals surface area contributed by atoms with Crippen molar-refractivity contribution in [3.05, 3.63) is 48.0 Å². The largest absolute Gasteiger partial charge is 0.489 e. The van der Waals surface area contributed by atoms with E-state index >= 15 is 0 Å². The molecule has 0 radical (unpaired) electrons. The second-order valence-electron chi connectivity index (χ2n) is 6.89. The fourth-order valence-corrected chi connectivity index (χ4v) is 4.16. The van der Waals surface area contributed by atoms with E-state index in [0.717, 1.165) is 23.3 Å². The number of aromatic nitrogens is 1. The third-order valence-corrected chi connectivity index (χ3v) is 5.42. The van der Waals surface area contributed by atoms with Gasteiger partial charge in [0, 0.05) is 23.7 Å². The van der Waals surface area contributed by atoms with E-state index in [1.165, 1.54) is 12.3 Å². The van der Waals surface area contributed by atoms with Crippen molar-refractivity contribution >= 4 is 6.02 Å². The molecule has 1 saturated heterocycles. The minimum Gasteiger partial charge on any atom is -0.489 e. The standard InChI is InChI=1S/C19H18FN3O3/c20-13-5-12(7-22-8-13)11-1-2-16-14(6-11)19(10-25-18(21)23-19)15-9-24-4-3-17(15)26-16/h1-2,5-8,15,17H,3-4,9-10H2,(H2,21,23)/t15-,17-,19-/m0/s1. The molecule has 2 N–H and O–H groups in total. The Hall–Kier alpha value is -2.67. The van der Waals surface area contributed by atoms with E-state index in [9.17, 15) is 4.39 Å². The van der Waals surface area contributed by atoms with E-state index in [2.05, 4.69) is 9.98 Å². The zero-order valence-corrected chi connectivity index (χ0v) is 14.0. The van der Waals surface area contributed by atoms with Crippen molar-refractivity contribution in [3.8, 4) is 16.9 Å². The third kappa shape index (κ3) is 2.27. The first kappa shape index (κ1) is 15.6. The van der Waals surface area contributed by atoms with Gasteiger partial charge in [0.1, 0.15) is 29.8 Å². The monoisotopic (exact) mass is 355 g/mol. The molecule has 0 bridgehead atoms. The first-order valence-electron chi connectivity index (χ1n) is 8.64. The van der Waals surface area contributed by atoms with Gasteiger partial charge in [0.25, 0.3) is 6.02 Å². The lowest BCUT2D eigenvalue weighted by molar-refractivity contribution is -0.0726. The molecule has 0 unspecified atom stereocenters. The minimum absolute atomic E-state index is 0.0104. The number of nitrogens with two attached hydrogens (primary N) is 1. The third-order valence-electron chi connectivity index (χ3n) is 5.42. The first-order valence-corrected chi connectivity index (χ1v) is 8.64. The maximum absolute atomic E-state index is 13.6. The SMILES string of the molecule is NC1=N[C@@]2(CO1)c1cc(-c3cncc(F)c3)ccc1O[C@H]1CCOC[C@@H]12. The summed E-state index contributed by atoms with van der Waals surface area (Å²) in [7, 11) is 0. The van der Waals surface area contributed by atoms with Gasteiger partial charge in [0.15, 0.2) is 0 Å². The Morgan fingerprint density at radius 2 is 2.12 bits per heavy atom. The number of hydrogen-bond donors (Lipinski definition) is 1. The molecule has 7 heteroatoms. The van der Waals surface area contributed by atoms with Gasteiger partial charge in [-0.25, -0.2) is 9.38 Å². The number of pyridine rings is 1. The number of benzene rings is 1. The summed E-state index contributed by atoms with van der Waals surface area (Å²) in [6.07, 6.45) is 3.63. The van der Waals surface area contributed by atoms with Gasteiger partial charge in [-0.15, -0.1) is 0 Å². The highest BCUT2D eigenvalue weighted by atomic mass is 19.1. The van der Waals surface area contributed by atoms with E-state index in [0.29, 0.717) is 25.4 Å². The van der Waals surface area contributed by atoms with Gasteiger partial charge in [-0.1, -0.05) is 6.07 Å². The lowest BCUT2D eigenvalue weighted by Crippen LogP contribution is -2.52. The normalized spacial score (nSPS) is 29.3. The molecule has 2 aromatic rings. The van der Waals surface area contributed by atoms with Crippen LogP contribution in [0.25, 0.3) is 11.1 Å². The predicted molar refractivity (Wildman–Crippen MR) is 92.2 cm³/mol. The van der Waals surface area contributed by atoms with Crippen molar-refractivity contribution < 1.29 is 18.6 Å². The van der Waals surface area contributed by atoms with E-state index < -0.39 is 5.54 Å². The maximum atomic E-state index is 13.6. The number of nitrogens with zero attached hydrogens (tertiary/aromatic N) is 2.